The first kappa shape index (κ1) is 22.9. The molecule has 172 valence electrons. The van der Waals surface area contributed by atoms with Gasteiger partial charge in [-0.3, -0.25) is 20.2 Å². The first-order valence-electron chi connectivity index (χ1n) is 10.3. The van der Waals surface area contributed by atoms with Crippen molar-refractivity contribution >= 4 is 28.1 Å². The summed E-state index contributed by atoms with van der Waals surface area (Å²) >= 11 is 1.29. The summed E-state index contributed by atoms with van der Waals surface area (Å²) in [5, 5.41) is 14.6. The molecule has 0 bridgehead atoms. The number of carbonyl (C=O) groups excluding carboxylic acids is 1. The highest BCUT2D eigenvalue weighted by Crippen LogP contribution is 2.40. The van der Waals surface area contributed by atoms with Crippen LogP contribution in [0.25, 0.3) is 21.7 Å². The molecule has 1 amide bonds. The number of thiazole rings is 1. The molecule has 0 radical (unpaired) electrons. The molecule has 0 spiro atoms. The number of amides is 1. The maximum absolute atomic E-state index is 13.0. The van der Waals surface area contributed by atoms with Crippen molar-refractivity contribution in [2.75, 3.05) is 19.5 Å². The van der Waals surface area contributed by atoms with Gasteiger partial charge >= 0.3 is 0 Å². The van der Waals surface area contributed by atoms with E-state index in [-0.39, 0.29) is 11.3 Å². The topological polar surface area (TPSA) is 104 Å². The van der Waals surface area contributed by atoms with Crippen LogP contribution >= 0.6 is 11.3 Å². The lowest BCUT2D eigenvalue weighted by Gasteiger charge is -2.05. The Kier molecular flexibility index (Phi) is 6.55. The Morgan fingerprint density at radius 1 is 0.941 bits per heavy atom. The van der Waals surface area contributed by atoms with Gasteiger partial charge in [-0.25, -0.2) is 4.98 Å². The zero-order valence-electron chi connectivity index (χ0n) is 18.7. The third kappa shape index (κ3) is 4.60. The lowest BCUT2D eigenvalue weighted by Crippen LogP contribution is -2.14. The fraction of sp³-hybridized carbons (Fsp3) is 0.120. The van der Waals surface area contributed by atoms with Crippen LogP contribution in [-0.4, -0.2) is 30.0 Å². The van der Waals surface area contributed by atoms with Crippen molar-refractivity contribution in [2.24, 2.45) is 0 Å². The molecule has 0 fully saturated rings. The Labute approximate surface area is 200 Å². The van der Waals surface area contributed by atoms with E-state index in [1.807, 2.05) is 48.5 Å². The first-order valence-corrected chi connectivity index (χ1v) is 11.1. The van der Waals surface area contributed by atoms with E-state index >= 15 is 0 Å². The number of anilines is 1. The van der Waals surface area contributed by atoms with Crippen molar-refractivity contribution in [1.29, 1.82) is 0 Å². The average Bonchev–Trinajstić information content (AvgIpc) is 3.27. The van der Waals surface area contributed by atoms with Crippen LogP contribution in [0.1, 0.15) is 15.9 Å². The molecule has 0 unspecified atom stereocenters. The molecule has 0 saturated carbocycles. The van der Waals surface area contributed by atoms with Crippen LogP contribution in [0, 0.1) is 17.0 Å². The SMILES string of the molecule is COc1ccc(-c2nc(NC(=O)c3cccc(C)c3[N+](=O)[O-])sc2-c2ccc(OC)cc2)cc1. The molecule has 0 aliphatic rings. The molecule has 0 aliphatic heterocycles. The van der Waals surface area contributed by atoms with Gasteiger partial charge in [0.15, 0.2) is 5.13 Å². The molecule has 0 aliphatic carbocycles. The molecule has 8 nitrogen and oxygen atoms in total. The second-order valence-corrected chi connectivity index (χ2v) is 8.34. The molecule has 3 aromatic carbocycles. The van der Waals surface area contributed by atoms with Crippen molar-refractivity contribution in [2.45, 2.75) is 6.92 Å². The van der Waals surface area contributed by atoms with Crippen LogP contribution in [0.15, 0.2) is 66.7 Å². The lowest BCUT2D eigenvalue weighted by atomic mass is 10.1. The molecule has 34 heavy (non-hydrogen) atoms. The lowest BCUT2D eigenvalue weighted by molar-refractivity contribution is -0.385. The van der Waals surface area contributed by atoms with Gasteiger partial charge < -0.3 is 9.47 Å². The number of aromatic nitrogens is 1. The fourth-order valence-corrected chi connectivity index (χ4v) is 4.49. The number of nitrogens with one attached hydrogen (secondary N) is 1. The maximum Gasteiger partial charge on any atom is 0.285 e. The summed E-state index contributed by atoms with van der Waals surface area (Å²) in [5.74, 6) is 0.844. The first-order chi connectivity index (χ1) is 16.4. The van der Waals surface area contributed by atoms with Gasteiger partial charge in [-0.1, -0.05) is 23.5 Å². The summed E-state index contributed by atoms with van der Waals surface area (Å²) in [6.45, 7) is 1.60. The molecule has 0 atom stereocenters. The second-order valence-electron chi connectivity index (χ2n) is 7.34. The molecule has 1 aromatic heterocycles. The average molecular weight is 476 g/mol. The van der Waals surface area contributed by atoms with Crippen LogP contribution in [0.5, 0.6) is 11.5 Å². The molecule has 1 heterocycles. The number of rotatable bonds is 7. The Morgan fingerprint density at radius 3 is 2.09 bits per heavy atom. The van der Waals surface area contributed by atoms with Crippen LogP contribution in [0.3, 0.4) is 0 Å². The number of nitro groups is 1. The van der Waals surface area contributed by atoms with E-state index in [0.29, 0.717) is 22.1 Å². The van der Waals surface area contributed by atoms with Crippen LogP contribution in [0.2, 0.25) is 0 Å². The van der Waals surface area contributed by atoms with Gasteiger partial charge in [0.05, 0.1) is 29.7 Å². The van der Waals surface area contributed by atoms with E-state index < -0.39 is 10.8 Å². The summed E-state index contributed by atoms with van der Waals surface area (Å²) in [5.41, 5.74) is 2.58. The number of nitro benzene ring substituents is 1. The number of ether oxygens (including phenoxy) is 2. The van der Waals surface area contributed by atoms with Crippen molar-refractivity contribution < 1.29 is 19.2 Å². The highest BCUT2D eigenvalue weighted by Gasteiger charge is 2.24. The van der Waals surface area contributed by atoms with Crippen molar-refractivity contribution in [3.63, 3.8) is 0 Å². The van der Waals surface area contributed by atoms with Gasteiger partial charge in [-0.2, -0.15) is 0 Å². The largest absolute Gasteiger partial charge is 0.497 e. The van der Waals surface area contributed by atoms with E-state index in [4.69, 9.17) is 9.47 Å². The molecular weight excluding hydrogens is 454 g/mol. The molecule has 4 aromatic rings. The third-order valence-corrected chi connectivity index (χ3v) is 6.25. The molecule has 4 rings (SSSR count). The predicted molar refractivity (Wildman–Crippen MR) is 132 cm³/mol. The van der Waals surface area contributed by atoms with Gasteiger partial charge in [-0.15, -0.1) is 0 Å². The monoisotopic (exact) mass is 475 g/mol. The van der Waals surface area contributed by atoms with Crippen LogP contribution < -0.4 is 14.8 Å². The maximum atomic E-state index is 13.0. The van der Waals surface area contributed by atoms with E-state index in [2.05, 4.69) is 10.3 Å². The van der Waals surface area contributed by atoms with E-state index in [0.717, 1.165) is 21.8 Å². The summed E-state index contributed by atoms with van der Waals surface area (Å²) in [6, 6.07) is 19.6. The minimum atomic E-state index is -0.591. The Hall–Kier alpha value is -4.24. The standard InChI is InChI=1S/C25H21N3O5S/c1-15-5-4-6-20(22(15)28(30)31)24(29)27-25-26-21(16-7-11-18(32-2)12-8-16)23(34-25)17-9-13-19(33-3)14-10-17/h4-14H,1-3H3,(H,26,27,29). The van der Waals surface area contributed by atoms with Crippen molar-refractivity contribution in [1.82, 2.24) is 4.98 Å². The number of aryl methyl sites for hydroxylation is 1. The Bertz CT molecular complexity index is 1280. The number of carbonyl (C=O) groups is 1. The summed E-state index contributed by atoms with van der Waals surface area (Å²) in [6.07, 6.45) is 0. The highest BCUT2D eigenvalue weighted by molar-refractivity contribution is 7.19. The minimum absolute atomic E-state index is 0.0165. The summed E-state index contributed by atoms with van der Waals surface area (Å²) in [4.78, 5) is 29.4. The number of benzene rings is 3. The fourth-order valence-electron chi connectivity index (χ4n) is 3.51. The normalized spacial score (nSPS) is 10.6. The Balaban J connectivity index is 1.75. The zero-order chi connectivity index (χ0) is 24.2. The van der Waals surface area contributed by atoms with E-state index in [1.165, 1.54) is 17.4 Å². The summed E-state index contributed by atoms with van der Waals surface area (Å²) in [7, 11) is 3.20. The quantitative estimate of drug-likeness (QED) is 0.261. The Morgan fingerprint density at radius 2 is 1.53 bits per heavy atom. The van der Waals surface area contributed by atoms with E-state index in [9.17, 15) is 14.9 Å². The van der Waals surface area contributed by atoms with Gasteiger partial charge in [0, 0.05) is 11.1 Å². The smallest absolute Gasteiger partial charge is 0.285 e. The zero-order valence-corrected chi connectivity index (χ0v) is 19.5. The highest BCUT2D eigenvalue weighted by atomic mass is 32.1. The van der Waals surface area contributed by atoms with Crippen LogP contribution in [0.4, 0.5) is 10.8 Å². The second kappa shape index (κ2) is 9.72. The van der Waals surface area contributed by atoms with Gasteiger partial charge in [-0.05, 0) is 67.1 Å². The minimum Gasteiger partial charge on any atom is -0.497 e. The van der Waals surface area contributed by atoms with E-state index in [1.54, 1.807) is 33.3 Å². The van der Waals surface area contributed by atoms with Crippen molar-refractivity contribution in [3.8, 4) is 33.2 Å². The van der Waals surface area contributed by atoms with Crippen LogP contribution in [-0.2, 0) is 0 Å². The van der Waals surface area contributed by atoms with Crippen molar-refractivity contribution in [3.05, 3.63) is 88.0 Å². The number of methoxy groups -OCH3 is 2. The molecular formula is C25H21N3O5S. The number of nitrogens with zero attached hydrogens (tertiary/aromatic N) is 2. The number of para-hydroxylation sites is 1. The van der Waals surface area contributed by atoms with Gasteiger partial charge in [0.1, 0.15) is 17.1 Å². The predicted octanol–water partition coefficient (Wildman–Crippen LogP) is 5.96. The molecule has 1 N–H and O–H groups in total. The third-order valence-electron chi connectivity index (χ3n) is 5.23. The molecule has 9 heteroatoms. The number of hydrogen-bond acceptors (Lipinski definition) is 7. The van der Waals surface area contributed by atoms with Gasteiger partial charge in [0.2, 0.25) is 0 Å². The number of hydrogen-bond donors (Lipinski definition) is 1. The van der Waals surface area contributed by atoms with Gasteiger partial charge in [0.25, 0.3) is 11.6 Å². The molecule has 0 saturated heterocycles. The summed E-state index contributed by atoms with van der Waals surface area (Å²) < 4.78 is 10.5.